The quantitative estimate of drug-likeness (QED) is 0.464. The molecule has 8 nitrogen and oxygen atoms in total. The van der Waals surface area contributed by atoms with Crippen molar-refractivity contribution in [1.82, 2.24) is 28.5 Å². The van der Waals surface area contributed by atoms with Gasteiger partial charge in [0.2, 0.25) is 5.95 Å². The molecule has 0 unspecified atom stereocenters. The number of hydrogen-bond acceptors (Lipinski definition) is 4. The van der Waals surface area contributed by atoms with Crippen molar-refractivity contribution in [2.75, 3.05) is 0 Å². The fourth-order valence-corrected chi connectivity index (χ4v) is 3.87. The molecule has 0 fully saturated rings. The number of aromatic nitrogens is 6. The Kier molecular flexibility index (Phi) is 5.58. The number of halogens is 1. The number of nitrogens with zero attached hydrogens (tertiary/aromatic N) is 6. The Morgan fingerprint density at radius 3 is 2.31 bits per heavy atom. The van der Waals surface area contributed by atoms with Crippen molar-refractivity contribution in [1.29, 1.82) is 0 Å². The summed E-state index contributed by atoms with van der Waals surface area (Å²) in [6, 6.07) is 6.12. The summed E-state index contributed by atoms with van der Waals surface area (Å²) in [7, 11) is 1.62. The first-order valence-corrected chi connectivity index (χ1v) is 10.7. The average molecular weight is 439 g/mol. The number of fused-ring (bicyclic) bond motifs is 1. The zero-order valence-corrected chi connectivity index (χ0v) is 19.0. The summed E-state index contributed by atoms with van der Waals surface area (Å²) in [6.07, 6.45) is 1.58. The second-order valence-corrected chi connectivity index (χ2v) is 8.16. The first kappa shape index (κ1) is 21.7. The summed E-state index contributed by atoms with van der Waals surface area (Å²) < 4.78 is 19.6. The molecule has 0 atom stereocenters. The van der Waals surface area contributed by atoms with E-state index in [1.165, 1.54) is 21.3 Å². The predicted octanol–water partition coefficient (Wildman–Crippen LogP) is 3.00. The van der Waals surface area contributed by atoms with Gasteiger partial charge in [-0.05, 0) is 50.5 Å². The smallest absolute Gasteiger partial charge is 0.298 e. The molecule has 4 rings (SSSR count). The highest BCUT2D eigenvalue weighted by Crippen LogP contribution is 2.21. The molecule has 0 N–H and O–H groups in total. The van der Waals surface area contributed by atoms with Crippen LogP contribution < -0.4 is 11.2 Å². The van der Waals surface area contributed by atoms with Crippen LogP contribution in [0.4, 0.5) is 4.39 Å². The maximum Gasteiger partial charge on any atom is 0.332 e. The van der Waals surface area contributed by atoms with Gasteiger partial charge in [-0.3, -0.25) is 18.5 Å². The van der Waals surface area contributed by atoms with Crippen molar-refractivity contribution in [3.8, 4) is 5.95 Å². The first-order valence-electron chi connectivity index (χ1n) is 10.7. The summed E-state index contributed by atoms with van der Waals surface area (Å²) in [5, 5.41) is 4.62. The Labute approximate surface area is 184 Å². The molecule has 0 saturated heterocycles. The third kappa shape index (κ3) is 3.47. The lowest BCUT2D eigenvalue weighted by Crippen LogP contribution is -2.39. The highest BCUT2D eigenvalue weighted by atomic mass is 19.1. The Bertz CT molecular complexity index is 1420. The van der Waals surface area contributed by atoms with Crippen LogP contribution >= 0.6 is 0 Å². The maximum absolute atomic E-state index is 13.5. The third-order valence-corrected chi connectivity index (χ3v) is 6.04. The molecule has 3 heterocycles. The zero-order valence-electron chi connectivity index (χ0n) is 19.0. The number of rotatable bonds is 6. The molecule has 0 aliphatic heterocycles. The summed E-state index contributed by atoms with van der Waals surface area (Å²) in [5.74, 6) is 0.112. The normalized spacial score (nSPS) is 11.6. The molecule has 32 heavy (non-hydrogen) atoms. The monoisotopic (exact) mass is 438 g/mol. The van der Waals surface area contributed by atoms with Crippen LogP contribution in [0.3, 0.4) is 0 Å². The molecule has 0 spiro atoms. The maximum atomic E-state index is 13.5. The minimum atomic E-state index is -0.390. The molecular weight excluding hydrogens is 411 g/mol. The van der Waals surface area contributed by atoms with Crippen molar-refractivity contribution in [3.63, 3.8) is 0 Å². The number of aryl methyl sites for hydroxylation is 2. The lowest BCUT2D eigenvalue weighted by atomic mass is 10.2. The molecule has 4 aromatic rings. The van der Waals surface area contributed by atoms with E-state index in [2.05, 4.69) is 5.10 Å². The van der Waals surface area contributed by atoms with Crippen LogP contribution in [-0.4, -0.2) is 28.5 Å². The van der Waals surface area contributed by atoms with E-state index < -0.39 is 5.69 Å². The molecule has 0 saturated carbocycles. The predicted molar refractivity (Wildman–Crippen MR) is 121 cm³/mol. The van der Waals surface area contributed by atoms with E-state index in [1.54, 1.807) is 28.4 Å². The number of unbranched alkanes of at least 4 members (excludes halogenated alkanes) is 1. The number of hydrogen-bond donors (Lipinski definition) is 0. The van der Waals surface area contributed by atoms with E-state index in [0.717, 1.165) is 35.4 Å². The van der Waals surface area contributed by atoms with E-state index in [9.17, 15) is 14.0 Å². The van der Waals surface area contributed by atoms with E-state index in [1.807, 2.05) is 27.7 Å². The SMILES string of the molecule is CCCCn1c(=O)c2c(nc(-n3nc(C)c(C)c3C)n2Cc2ccc(F)cc2)n(C)c1=O. The average Bonchev–Trinajstić information content (AvgIpc) is 3.26. The number of imidazole rings is 1. The lowest BCUT2D eigenvalue weighted by Gasteiger charge is -2.12. The van der Waals surface area contributed by atoms with E-state index in [-0.39, 0.29) is 17.9 Å². The first-order chi connectivity index (χ1) is 15.2. The Balaban J connectivity index is 2.06. The van der Waals surface area contributed by atoms with Crippen molar-refractivity contribution >= 4 is 11.2 Å². The molecule has 9 heteroatoms. The van der Waals surface area contributed by atoms with Crippen molar-refractivity contribution in [2.45, 2.75) is 53.6 Å². The van der Waals surface area contributed by atoms with Crippen LogP contribution in [0, 0.1) is 26.6 Å². The highest BCUT2D eigenvalue weighted by molar-refractivity contribution is 5.73. The largest absolute Gasteiger partial charge is 0.332 e. The van der Waals surface area contributed by atoms with E-state index in [4.69, 9.17) is 4.98 Å². The zero-order chi connectivity index (χ0) is 23.2. The molecule has 168 valence electrons. The van der Waals surface area contributed by atoms with Gasteiger partial charge in [0.25, 0.3) is 5.56 Å². The van der Waals surface area contributed by atoms with Crippen LogP contribution in [0.15, 0.2) is 33.9 Å². The Hall–Kier alpha value is -3.49. The molecule has 0 amide bonds. The van der Waals surface area contributed by atoms with Crippen LogP contribution in [0.5, 0.6) is 0 Å². The minimum Gasteiger partial charge on any atom is -0.298 e. The van der Waals surface area contributed by atoms with Gasteiger partial charge >= 0.3 is 5.69 Å². The highest BCUT2D eigenvalue weighted by Gasteiger charge is 2.23. The van der Waals surface area contributed by atoms with Gasteiger partial charge in [-0.2, -0.15) is 10.1 Å². The molecular formula is C23H27FN6O2. The van der Waals surface area contributed by atoms with Crippen LogP contribution in [0.25, 0.3) is 17.1 Å². The van der Waals surface area contributed by atoms with Gasteiger partial charge in [-0.25, -0.2) is 13.9 Å². The second-order valence-electron chi connectivity index (χ2n) is 8.16. The standard InChI is InChI=1S/C23H27FN6O2/c1-6-7-12-28-21(31)19-20(27(5)23(28)32)25-22(30-16(4)14(2)15(3)26-30)29(19)13-17-8-10-18(24)11-9-17/h8-11H,6-7,12-13H2,1-5H3. The topological polar surface area (TPSA) is 79.6 Å². The van der Waals surface area contributed by atoms with Crippen molar-refractivity contribution < 1.29 is 4.39 Å². The summed E-state index contributed by atoms with van der Waals surface area (Å²) in [4.78, 5) is 31.1. The van der Waals surface area contributed by atoms with Gasteiger partial charge in [-0.15, -0.1) is 0 Å². The molecule has 3 aromatic heterocycles. The van der Waals surface area contributed by atoms with Crippen LogP contribution in [-0.2, 0) is 20.1 Å². The van der Waals surface area contributed by atoms with Gasteiger partial charge in [0, 0.05) is 19.3 Å². The molecule has 0 radical (unpaired) electrons. The fraction of sp³-hybridized carbons (Fsp3) is 0.391. The lowest BCUT2D eigenvalue weighted by molar-refractivity contribution is 0.565. The van der Waals surface area contributed by atoms with Crippen LogP contribution in [0.2, 0.25) is 0 Å². The van der Waals surface area contributed by atoms with Crippen molar-refractivity contribution in [3.05, 3.63) is 73.4 Å². The van der Waals surface area contributed by atoms with Gasteiger partial charge < -0.3 is 0 Å². The fourth-order valence-electron chi connectivity index (χ4n) is 3.87. The van der Waals surface area contributed by atoms with E-state index >= 15 is 0 Å². The van der Waals surface area contributed by atoms with Gasteiger partial charge in [0.1, 0.15) is 5.82 Å². The Morgan fingerprint density at radius 2 is 1.72 bits per heavy atom. The third-order valence-electron chi connectivity index (χ3n) is 6.04. The second kappa shape index (κ2) is 8.22. The summed E-state index contributed by atoms with van der Waals surface area (Å²) >= 11 is 0. The van der Waals surface area contributed by atoms with Crippen molar-refractivity contribution in [2.24, 2.45) is 7.05 Å². The number of benzene rings is 1. The van der Waals surface area contributed by atoms with E-state index in [0.29, 0.717) is 23.7 Å². The molecule has 1 aromatic carbocycles. The van der Waals surface area contributed by atoms with Gasteiger partial charge in [-0.1, -0.05) is 25.5 Å². The minimum absolute atomic E-state index is 0.282. The Morgan fingerprint density at radius 1 is 1.03 bits per heavy atom. The molecule has 0 aliphatic carbocycles. The molecule has 0 bridgehead atoms. The van der Waals surface area contributed by atoms with Crippen LogP contribution in [0.1, 0.15) is 42.3 Å². The van der Waals surface area contributed by atoms with Gasteiger partial charge in [0.15, 0.2) is 11.2 Å². The summed E-state index contributed by atoms with van der Waals surface area (Å²) in [5.41, 5.74) is 3.45. The van der Waals surface area contributed by atoms with Gasteiger partial charge in [0.05, 0.1) is 12.2 Å². The molecule has 0 aliphatic rings. The summed E-state index contributed by atoms with van der Waals surface area (Å²) in [6.45, 7) is 8.47.